The van der Waals surface area contributed by atoms with Crippen LogP contribution in [0.3, 0.4) is 0 Å². The third-order valence-corrected chi connectivity index (χ3v) is 5.23. The lowest BCUT2D eigenvalue weighted by Gasteiger charge is -2.26. The molecule has 2 rings (SSSR count). The van der Waals surface area contributed by atoms with E-state index >= 15 is 0 Å². The number of benzene rings is 2. The summed E-state index contributed by atoms with van der Waals surface area (Å²) in [5, 5.41) is 5.50. The molecule has 0 heterocycles. The molecule has 0 atom stereocenters. The molecule has 0 saturated heterocycles. The number of anilines is 2. The quantitative estimate of drug-likeness (QED) is 0.713. The molecule has 0 aliphatic rings. The molecule has 0 aliphatic heterocycles. The first-order valence-electron chi connectivity index (χ1n) is 10.5. The van der Waals surface area contributed by atoms with Crippen molar-refractivity contribution in [3.8, 4) is 5.75 Å². The van der Waals surface area contributed by atoms with Gasteiger partial charge in [-0.25, -0.2) is 0 Å². The molecule has 3 amide bonds. The Morgan fingerprint density at radius 2 is 1.62 bits per heavy atom. The number of methoxy groups -OCH3 is 1. The lowest BCUT2D eigenvalue weighted by Crippen LogP contribution is -2.37. The van der Waals surface area contributed by atoms with Crippen molar-refractivity contribution in [3.05, 3.63) is 52.6 Å². The van der Waals surface area contributed by atoms with Gasteiger partial charge in [-0.3, -0.25) is 14.4 Å². The Balaban J connectivity index is 2.37. The van der Waals surface area contributed by atoms with Crippen molar-refractivity contribution in [3.63, 3.8) is 0 Å². The van der Waals surface area contributed by atoms with Gasteiger partial charge in [0.05, 0.1) is 7.11 Å². The van der Waals surface area contributed by atoms with E-state index in [1.165, 1.54) is 11.8 Å². The maximum atomic E-state index is 13.0. The van der Waals surface area contributed by atoms with Crippen LogP contribution in [0.2, 0.25) is 0 Å². The summed E-state index contributed by atoms with van der Waals surface area (Å²) >= 11 is 0. The minimum Gasteiger partial charge on any atom is -0.496 e. The zero-order chi connectivity index (χ0) is 24.2. The predicted molar refractivity (Wildman–Crippen MR) is 128 cm³/mol. The molecule has 0 radical (unpaired) electrons. The number of nitrogens with zero attached hydrogens (tertiary/aromatic N) is 1. The van der Waals surface area contributed by atoms with Crippen LogP contribution in [0.25, 0.3) is 0 Å². The first kappa shape index (κ1) is 24.9. The van der Waals surface area contributed by atoms with Crippen LogP contribution in [-0.4, -0.2) is 38.4 Å². The van der Waals surface area contributed by atoms with Crippen molar-refractivity contribution < 1.29 is 19.1 Å². The Kier molecular flexibility index (Phi) is 7.67. The van der Waals surface area contributed by atoms with Crippen LogP contribution in [0.4, 0.5) is 11.4 Å². The van der Waals surface area contributed by atoms with E-state index in [4.69, 9.17) is 4.74 Å². The van der Waals surface area contributed by atoms with E-state index in [9.17, 15) is 14.4 Å². The smallest absolute Gasteiger partial charge is 0.251 e. The highest BCUT2D eigenvalue weighted by Gasteiger charge is 2.23. The minimum absolute atomic E-state index is 0.158. The Morgan fingerprint density at radius 3 is 2.09 bits per heavy atom. The fourth-order valence-electron chi connectivity index (χ4n) is 3.71. The van der Waals surface area contributed by atoms with E-state index in [-0.39, 0.29) is 29.7 Å². The summed E-state index contributed by atoms with van der Waals surface area (Å²) in [4.78, 5) is 38.9. The largest absolute Gasteiger partial charge is 0.496 e. The number of carbonyl (C=O) groups is 3. The monoisotopic (exact) mass is 439 g/mol. The van der Waals surface area contributed by atoms with E-state index in [1.807, 2.05) is 52.8 Å². The van der Waals surface area contributed by atoms with Crippen molar-refractivity contribution in [2.24, 2.45) is 0 Å². The van der Waals surface area contributed by atoms with Crippen molar-refractivity contribution in [2.75, 3.05) is 30.9 Å². The number of nitrogens with one attached hydrogen (secondary N) is 2. The van der Waals surface area contributed by atoms with E-state index in [0.717, 1.165) is 22.4 Å². The molecule has 0 unspecified atom stereocenters. The zero-order valence-electron chi connectivity index (χ0n) is 20.2. The Hall–Kier alpha value is -3.35. The molecule has 0 fully saturated rings. The maximum Gasteiger partial charge on any atom is 0.251 e. The predicted octanol–water partition coefficient (Wildman–Crippen LogP) is 3.96. The van der Waals surface area contributed by atoms with Gasteiger partial charge in [0.25, 0.3) is 5.91 Å². The van der Waals surface area contributed by atoms with Gasteiger partial charge in [0, 0.05) is 30.9 Å². The number of carbonyl (C=O) groups excluding carboxylic acids is 3. The third-order valence-electron chi connectivity index (χ3n) is 5.23. The van der Waals surface area contributed by atoms with Crippen molar-refractivity contribution >= 4 is 29.1 Å². The van der Waals surface area contributed by atoms with Crippen LogP contribution < -0.4 is 20.3 Å². The summed E-state index contributed by atoms with van der Waals surface area (Å²) < 4.78 is 5.40. The van der Waals surface area contributed by atoms with Crippen molar-refractivity contribution in [2.45, 2.75) is 47.0 Å². The van der Waals surface area contributed by atoms with E-state index in [1.54, 1.807) is 26.3 Å². The van der Waals surface area contributed by atoms with Crippen LogP contribution in [0.5, 0.6) is 5.75 Å². The molecule has 2 aromatic carbocycles. The average Bonchev–Trinajstić information content (AvgIpc) is 2.70. The Bertz CT molecular complexity index is 1010. The molecule has 7 heteroatoms. The van der Waals surface area contributed by atoms with Gasteiger partial charge in [-0.05, 0) is 60.2 Å². The summed E-state index contributed by atoms with van der Waals surface area (Å²) in [6.07, 6.45) is 0. The van der Waals surface area contributed by atoms with Crippen LogP contribution in [-0.2, 0) is 15.0 Å². The van der Waals surface area contributed by atoms with Crippen LogP contribution in [0.15, 0.2) is 30.3 Å². The molecule has 172 valence electrons. The molecular formula is C25H33N3O4. The second kappa shape index (κ2) is 9.85. The molecule has 2 N–H and O–H groups in total. The molecule has 0 spiro atoms. The summed E-state index contributed by atoms with van der Waals surface area (Å²) in [6.45, 7) is 11.2. The molecule has 7 nitrogen and oxygen atoms in total. The first-order chi connectivity index (χ1) is 14.9. The number of aryl methyl sites for hydroxylation is 2. The van der Waals surface area contributed by atoms with Crippen LogP contribution in [0.1, 0.15) is 54.7 Å². The Labute approximate surface area is 190 Å². The zero-order valence-corrected chi connectivity index (χ0v) is 20.2. The molecule has 2 aromatic rings. The number of amides is 3. The number of hydrogen-bond donors (Lipinski definition) is 2. The number of ether oxygens (including phenoxy) is 1. The second-order valence-corrected chi connectivity index (χ2v) is 8.86. The van der Waals surface area contributed by atoms with Crippen molar-refractivity contribution in [1.82, 2.24) is 5.32 Å². The fraction of sp³-hybridized carbons (Fsp3) is 0.400. The van der Waals surface area contributed by atoms with Gasteiger partial charge in [-0.15, -0.1) is 0 Å². The second-order valence-electron chi connectivity index (χ2n) is 8.86. The van der Waals surface area contributed by atoms with Gasteiger partial charge in [0.15, 0.2) is 0 Å². The summed E-state index contributed by atoms with van der Waals surface area (Å²) in [6, 6.07) is 8.90. The van der Waals surface area contributed by atoms with E-state index in [2.05, 4.69) is 10.6 Å². The lowest BCUT2D eigenvalue weighted by atomic mass is 9.85. The average molecular weight is 440 g/mol. The highest BCUT2D eigenvalue weighted by molar-refractivity contribution is 6.03. The summed E-state index contributed by atoms with van der Waals surface area (Å²) in [5.41, 5.74) is 4.01. The standard InChI is InChI=1S/C25H33N3O4/c1-15-11-19(12-16(2)23(15)32-8)28(17(3)29)14-22(30)27-21-13-18(24(31)26-7)9-10-20(21)25(4,5)6/h9-13H,14H2,1-8H3,(H,26,31)(H,27,30). The van der Waals surface area contributed by atoms with Crippen LogP contribution in [0, 0.1) is 13.8 Å². The lowest BCUT2D eigenvalue weighted by molar-refractivity contribution is -0.120. The van der Waals surface area contributed by atoms with Gasteiger partial charge in [0.1, 0.15) is 12.3 Å². The molecule has 0 aromatic heterocycles. The van der Waals surface area contributed by atoms with Gasteiger partial charge >= 0.3 is 0 Å². The number of hydrogen-bond acceptors (Lipinski definition) is 4. The molecular weight excluding hydrogens is 406 g/mol. The normalized spacial score (nSPS) is 11.0. The molecule has 0 aliphatic carbocycles. The summed E-state index contributed by atoms with van der Waals surface area (Å²) in [5.74, 6) is -0.0943. The van der Waals surface area contributed by atoms with E-state index < -0.39 is 0 Å². The maximum absolute atomic E-state index is 13.0. The Morgan fingerprint density at radius 1 is 1.03 bits per heavy atom. The fourth-order valence-corrected chi connectivity index (χ4v) is 3.71. The first-order valence-corrected chi connectivity index (χ1v) is 10.5. The summed E-state index contributed by atoms with van der Waals surface area (Å²) in [7, 11) is 3.16. The van der Waals surface area contributed by atoms with Crippen LogP contribution >= 0.6 is 0 Å². The van der Waals surface area contributed by atoms with Gasteiger partial charge in [0.2, 0.25) is 11.8 Å². The minimum atomic E-state index is -0.356. The highest BCUT2D eigenvalue weighted by Crippen LogP contribution is 2.31. The SMILES string of the molecule is CNC(=O)c1ccc(C(C)(C)C)c(NC(=O)CN(C(C)=O)c2cc(C)c(OC)c(C)c2)c1. The number of rotatable bonds is 6. The topological polar surface area (TPSA) is 87.7 Å². The van der Waals surface area contributed by atoms with E-state index in [0.29, 0.717) is 16.9 Å². The van der Waals surface area contributed by atoms with Gasteiger partial charge < -0.3 is 20.3 Å². The molecule has 0 saturated carbocycles. The molecule has 0 bridgehead atoms. The highest BCUT2D eigenvalue weighted by atomic mass is 16.5. The van der Waals surface area contributed by atoms with Crippen molar-refractivity contribution in [1.29, 1.82) is 0 Å². The third kappa shape index (κ3) is 5.66. The molecule has 32 heavy (non-hydrogen) atoms. The van der Waals surface area contributed by atoms with Gasteiger partial charge in [-0.2, -0.15) is 0 Å². The van der Waals surface area contributed by atoms with Gasteiger partial charge in [-0.1, -0.05) is 26.8 Å².